The van der Waals surface area contributed by atoms with Gasteiger partial charge < -0.3 is 4.57 Å². The fraction of sp³-hybridized carbons (Fsp3) is 0.0345. The Morgan fingerprint density at radius 1 is 0.532 bits per heavy atom. The second-order valence-corrected chi connectivity index (χ2v) is 16.2. The fourth-order valence-electron chi connectivity index (χ4n) is 9.72. The van der Waals surface area contributed by atoms with Crippen molar-refractivity contribution >= 4 is 88.6 Å². The van der Waals surface area contributed by atoms with E-state index in [0.29, 0.717) is 0 Å². The average Bonchev–Trinajstić information content (AvgIpc) is 3.85. The zero-order chi connectivity index (χ0) is 41.1. The molecule has 0 saturated heterocycles. The lowest BCUT2D eigenvalue weighted by molar-refractivity contribution is 0.979. The summed E-state index contributed by atoms with van der Waals surface area (Å²) in [4.78, 5) is 5.10. The molecule has 2 aliphatic carbocycles. The van der Waals surface area contributed by atoms with Gasteiger partial charge in [0.25, 0.3) is 0 Å². The summed E-state index contributed by atoms with van der Waals surface area (Å²) in [5, 5.41) is 19.3. The van der Waals surface area contributed by atoms with Gasteiger partial charge in [-0.05, 0) is 111 Å². The number of aliphatic imine (C=N–C) groups is 1. The lowest BCUT2D eigenvalue weighted by Crippen LogP contribution is -2.12. The first kappa shape index (κ1) is 35.8. The molecule has 292 valence electrons. The van der Waals surface area contributed by atoms with Crippen LogP contribution in [0.3, 0.4) is 0 Å². The first-order chi connectivity index (χ1) is 30.7. The lowest BCUT2D eigenvalue weighted by atomic mass is 9.94. The predicted octanol–water partition coefficient (Wildman–Crippen LogP) is 15.2. The van der Waals surface area contributed by atoms with Crippen LogP contribution >= 0.6 is 0 Å². The van der Waals surface area contributed by atoms with Crippen molar-refractivity contribution in [3.8, 4) is 22.3 Å². The zero-order valence-electron chi connectivity index (χ0n) is 34.0. The minimum Gasteiger partial charge on any atom is -0.313 e. The van der Waals surface area contributed by atoms with Gasteiger partial charge in [0.05, 0.1) is 27.8 Å². The third-order valence-electron chi connectivity index (χ3n) is 12.6. The molecule has 0 aliphatic heterocycles. The molecular formula is C58H40N4. The van der Waals surface area contributed by atoms with Crippen molar-refractivity contribution in [2.24, 2.45) is 4.99 Å². The topological polar surface area (TPSA) is 46.1 Å². The molecule has 12 rings (SSSR count). The minimum atomic E-state index is 0.165. The normalized spacial score (nSPS) is 15.3. The van der Waals surface area contributed by atoms with E-state index in [1.165, 1.54) is 54.8 Å². The van der Waals surface area contributed by atoms with Gasteiger partial charge in [-0.3, -0.25) is 9.98 Å². The molecule has 0 bridgehead atoms. The molecule has 62 heavy (non-hydrogen) atoms. The van der Waals surface area contributed by atoms with Gasteiger partial charge in [0.1, 0.15) is 0 Å². The van der Waals surface area contributed by atoms with Gasteiger partial charge in [0.2, 0.25) is 5.96 Å². The highest BCUT2D eigenvalue weighted by atomic mass is 15.1. The van der Waals surface area contributed by atoms with E-state index in [0.717, 1.165) is 68.0 Å². The molecule has 0 unspecified atom stereocenters. The van der Waals surface area contributed by atoms with E-state index in [1.807, 2.05) is 22.8 Å². The summed E-state index contributed by atoms with van der Waals surface area (Å²) in [6.45, 7) is 0. The molecule has 4 nitrogen and oxygen atoms in total. The number of hydrogen-bond acceptors (Lipinski definition) is 1. The number of hydrogen-bond donors (Lipinski definition) is 1. The molecule has 0 spiro atoms. The van der Waals surface area contributed by atoms with Crippen molar-refractivity contribution in [2.45, 2.75) is 12.8 Å². The molecule has 10 aromatic rings. The molecule has 2 aromatic heterocycles. The van der Waals surface area contributed by atoms with E-state index in [1.54, 1.807) is 0 Å². The van der Waals surface area contributed by atoms with Gasteiger partial charge >= 0.3 is 0 Å². The van der Waals surface area contributed by atoms with Crippen LogP contribution in [-0.2, 0) is 0 Å². The van der Waals surface area contributed by atoms with E-state index < -0.39 is 0 Å². The summed E-state index contributed by atoms with van der Waals surface area (Å²) >= 11 is 0. The van der Waals surface area contributed by atoms with Crippen molar-refractivity contribution in [1.82, 2.24) is 9.13 Å². The Morgan fingerprint density at radius 3 is 2.06 bits per heavy atom. The van der Waals surface area contributed by atoms with E-state index in [9.17, 15) is 5.41 Å². The van der Waals surface area contributed by atoms with Gasteiger partial charge in [-0.1, -0.05) is 164 Å². The van der Waals surface area contributed by atoms with Crippen molar-refractivity contribution in [1.29, 1.82) is 5.41 Å². The quantitative estimate of drug-likeness (QED) is 0.136. The zero-order valence-corrected chi connectivity index (χ0v) is 34.0. The van der Waals surface area contributed by atoms with Crippen molar-refractivity contribution in [3.63, 3.8) is 0 Å². The first-order valence-corrected chi connectivity index (χ1v) is 21.3. The second-order valence-electron chi connectivity index (χ2n) is 16.2. The summed E-state index contributed by atoms with van der Waals surface area (Å²) in [7, 11) is 0. The van der Waals surface area contributed by atoms with Crippen LogP contribution in [0.15, 0.2) is 217 Å². The summed E-state index contributed by atoms with van der Waals surface area (Å²) in [6, 6.07) is 58.9. The SMILES string of the molecule is N=C(N=C1C=CC=C/C1=C\c1ccc(-c2ccc3ccccc3c2)cc1)n1c2ccccc2c2c3ccccc3c(-c3ccc4c5ccccc5n(C5=CC=CCC5)c4c3)cc21. The monoisotopic (exact) mass is 792 g/mol. The van der Waals surface area contributed by atoms with Gasteiger partial charge in [-0.2, -0.15) is 0 Å². The highest BCUT2D eigenvalue weighted by Gasteiger charge is 2.21. The molecule has 2 heterocycles. The van der Waals surface area contributed by atoms with E-state index >= 15 is 0 Å². The lowest BCUT2D eigenvalue weighted by Gasteiger charge is -2.15. The van der Waals surface area contributed by atoms with Crippen LogP contribution in [0.1, 0.15) is 18.4 Å². The van der Waals surface area contributed by atoms with Crippen LogP contribution in [0.5, 0.6) is 0 Å². The summed E-state index contributed by atoms with van der Waals surface area (Å²) in [5.74, 6) is 0.165. The summed E-state index contributed by atoms with van der Waals surface area (Å²) in [6.07, 6.45) is 19.0. The molecule has 0 atom stereocenters. The predicted molar refractivity (Wildman–Crippen MR) is 264 cm³/mol. The number of nitrogens with zero attached hydrogens (tertiary/aromatic N) is 3. The highest BCUT2D eigenvalue weighted by molar-refractivity contribution is 6.27. The van der Waals surface area contributed by atoms with Gasteiger partial charge in [0, 0.05) is 32.8 Å². The number of fused-ring (bicyclic) bond motifs is 9. The Balaban J connectivity index is 0.982. The number of allylic oxidation sites excluding steroid dienone is 9. The maximum absolute atomic E-state index is 9.77. The molecule has 8 aromatic carbocycles. The maximum atomic E-state index is 9.77. The number of nitrogens with one attached hydrogen (secondary N) is 1. The fourth-order valence-corrected chi connectivity index (χ4v) is 9.72. The smallest absolute Gasteiger partial charge is 0.227 e. The Labute approximate surface area is 359 Å². The van der Waals surface area contributed by atoms with Crippen LogP contribution in [0.25, 0.3) is 99.2 Å². The third-order valence-corrected chi connectivity index (χ3v) is 12.6. The van der Waals surface area contributed by atoms with Crippen LogP contribution in [0.4, 0.5) is 0 Å². The van der Waals surface area contributed by atoms with Crippen molar-refractivity contribution < 1.29 is 0 Å². The second kappa shape index (κ2) is 14.6. The van der Waals surface area contributed by atoms with Gasteiger partial charge in [-0.15, -0.1) is 0 Å². The number of aromatic nitrogens is 2. The Hall–Kier alpha value is -8.08. The molecule has 0 fully saturated rings. The third kappa shape index (κ3) is 5.91. The van der Waals surface area contributed by atoms with Crippen LogP contribution in [-0.4, -0.2) is 20.8 Å². The molecule has 0 saturated carbocycles. The van der Waals surface area contributed by atoms with Gasteiger partial charge in [0.15, 0.2) is 0 Å². The summed E-state index contributed by atoms with van der Waals surface area (Å²) in [5.41, 5.74) is 13.1. The van der Waals surface area contributed by atoms with Crippen LogP contribution in [0.2, 0.25) is 0 Å². The molecule has 0 amide bonds. The molecule has 0 radical (unpaired) electrons. The number of benzene rings is 8. The van der Waals surface area contributed by atoms with Crippen LogP contribution in [0, 0.1) is 5.41 Å². The summed E-state index contributed by atoms with van der Waals surface area (Å²) < 4.78 is 4.49. The maximum Gasteiger partial charge on any atom is 0.227 e. The van der Waals surface area contributed by atoms with E-state index in [2.05, 4.69) is 199 Å². The van der Waals surface area contributed by atoms with Crippen molar-refractivity contribution in [2.75, 3.05) is 0 Å². The van der Waals surface area contributed by atoms with E-state index in [-0.39, 0.29) is 5.96 Å². The first-order valence-electron chi connectivity index (χ1n) is 21.3. The molecule has 4 heteroatoms. The molecule has 1 N–H and O–H groups in total. The minimum absolute atomic E-state index is 0.165. The number of rotatable bonds is 4. The molecule has 2 aliphatic rings. The number of para-hydroxylation sites is 2. The Morgan fingerprint density at radius 2 is 1.23 bits per heavy atom. The Bertz CT molecular complexity index is 3690. The largest absolute Gasteiger partial charge is 0.313 e. The molecular weight excluding hydrogens is 753 g/mol. The van der Waals surface area contributed by atoms with Crippen LogP contribution < -0.4 is 0 Å². The highest BCUT2D eigenvalue weighted by Crippen LogP contribution is 2.42. The van der Waals surface area contributed by atoms with Gasteiger partial charge in [-0.25, -0.2) is 4.99 Å². The van der Waals surface area contributed by atoms with E-state index in [4.69, 9.17) is 4.99 Å². The van der Waals surface area contributed by atoms with Crippen molar-refractivity contribution in [3.05, 3.63) is 217 Å². The standard InChI is InChI=1S/C58H40N4/c59-58(60-52-23-11-6-16-44(52)34-38-26-28-40(29-27-38)42-31-30-39-14-4-5-15-41(39)35-42)62-54-25-13-10-22-50(54)57-49-21-8-7-19-46(49)51(37-56(57)62)43-32-33-48-47-20-9-12-24-53(47)61(55(48)36-43)45-17-2-1-3-18-45/h1-2,4-17,19-37,59H,3,18H2/b44-34+,59-58?,60-52?. The Kier molecular flexibility index (Phi) is 8.42. The average molecular weight is 793 g/mol.